The fraction of sp³-hybridized carbons (Fsp3) is 0.500. The molecule has 0 amide bonds. The number of likely N-dealkylation sites (tertiary alicyclic amines) is 1. The summed E-state index contributed by atoms with van der Waals surface area (Å²) in [5.74, 6) is -1.14. The number of hydrogen-bond donors (Lipinski definition) is 1. The van der Waals surface area contributed by atoms with Crippen LogP contribution in [0.5, 0.6) is 0 Å². The van der Waals surface area contributed by atoms with E-state index in [1.54, 1.807) is 6.07 Å². The van der Waals surface area contributed by atoms with Gasteiger partial charge in [-0.1, -0.05) is 18.0 Å². The van der Waals surface area contributed by atoms with Crippen molar-refractivity contribution in [3.05, 3.63) is 34.6 Å². The molecule has 1 heterocycles. The van der Waals surface area contributed by atoms with E-state index in [4.69, 9.17) is 16.7 Å². The second-order valence-corrected chi connectivity index (χ2v) is 5.43. The molecule has 19 heavy (non-hydrogen) atoms. The molecule has 104 valence electrons. The molecule has 1 N–H and O–H groups in total. The molecule has 1 unspecified atom stereocenters. The number of carbonyl (C=O) groups is 1. The highest BCUT2D eigenvalue weighted by atomic mass is 35.5. The van der Waals surface area contributed by atoms with Crippen molar-refractivity contribution in [3.8, 4) is 0 Å². The van der Waals surface area contributed by atoms with Crippen LogP contribution in [0.25, 0.3) is 0 Å². The maximum Gasteiger partial charge on any atom is 0.304 e. The van der Waals surface area contributed by atoms with E-state index in [1.807, 2.05) is 0 Å². The van der Waals surface area contributed by atoms with E-state index in [0.29, 0.717) is 11.6 Å². The smallest absolute Gasteiger partial charge is 0.304 e. The van der Waals surface area contributed by atoms with Gasteiger partial charge in [0.1, 0.15) is 5.82 Å². The number of halogens is 2. The van der Waals surface area contributed by atoms with Gasteiger partial charge in [-0.15, -0.1) is 0 Å². The molecule has 1 saturated heterocycles. The Labute approximate surface area is 117 Å². The monoisotopic (exact) mass is 285 g/mol. The predicted molar refractivity (Wildman–Crippen MR) is 71.7 cm³/mol. The van der Waals surface area contributed by atoms with Crippen molar-refractivity contribution in [3.63, 3.8) is 0 Å². The van der Waals surface area contributed by atoms with Crippen molar-refractivity contribution >= 4 is 17.6 Å². The Bertz CT molecular complexity index is 447. The number of aliphatic carboxylic acids is 1. The van der Waals surface area contributed by atoms with Gasteiger partial charge < -0.3 is 5.11 Å². The molecular weight excluding hydrogens is 269 g/mol. The Hall–Kier alpha value is -1.13. The van der Waals surface area contributed by atoms with E-state index in [9.17, 15) is 9.18 Å². The predicted octanol–water partition coefficient (Wildman–Crippen LogP) is 3.31. The van der Waals surface area contributed by atoms with Crippen LogP contribution in [0.15, 0.2) is 18.2 Å². The first-order chi connectivity index (χ1) is 9.04. The Morgan fingerprint density at radius 2 is 2.21 bits per heavy atom. The van der Waals surface area contributed by atoms with Gasteiger partial charge in [-0.05, 0) is 43.1 Å². The fourth-order valence-corrected chi connectivity index (χ4v) is 2.88. The first kappa shape index (κ1) is 14.3. The summed E-state index contributed by atoms with van der Waals surface area (Å²) in [5.41, 5.74) is 0.794. The van der Waals surface area contributed by atoms with Gasteiger partial charge in [0.05, 0.1) is 6.42 Å². The van der Waals surface area contributed by atoms with E-state index >= 15 is 0 Å². The molecule has 1 aliphatic heterocycles. The van der Waals surface area contributed by atoms with Gasteiger partial charge in [-0.2, -0.15) is 0 Å². The second-order valence-electron chi connectivity index (χ2n) is 5.00. The maximum absolute atomic E-state index is 13.3. The summed E-state index contributed by atoms with van der Waals surface area (Å²) in [6.45, 7) is 1.40. The van der Waals surface area contributed by atoms with Crippen molar-refractivity contribution < 1.29 is 14.3 Å². The van der Waals surface area contributed by atoms with Crippen LogP contribution in [0.1, 0.15) is 31.2 Å². The van der Waals surface area contributed by atoms with Gasteiger partial charge in [0.15, 0.2) is 0 Å². The van der Waals surface area contributed by atoms with Crippen molar-refractivity contribution in [2.75, 3.05) is 6.54 Å². The second kappa shape index (κ2) is 6.35. The molecule has 1 aromatic rings. The summed E-state index contributed by atoms with van der Waals surface area (Å²) < 4.78 is 13.3. The zero-order valence-electron chi connectivity index (χ0n) is 10.6. The van der Waals surface area contributed by atoms with Gasteiger partial charge in [0.2, 0.25) is 0 Å². The van der Waals surface area contributed by atoms with Gasteiger partial charge in [-0.25, -0.2) is 4.39 Å². The van der Waals surface area contributed by atoms with E-state index in [-0.39, 0.29) is 18.3 Å². The number of carboxylic acid groups (broad SMARTS) is 1. The molecule has 3 nitrogen and oxygen atoms in total. The Balaban J connectivity index is 2.08. The van der Waals surface area contributed by atoms with Crippen LogP contribution < -0.4 is 0 Å². The summed E-state index contributed by atoms with van der Waals surface area (Å²) in [5, 5.41) is 9.31. The summed E-state index contributed by atoms with van der Waals surface area (Å²) in [7, 11) is 0. The highest BCUT2D eigenvalue weighted by molar-refractivity contribution is 6.30. The zero-order chi connectivity index (χ0) is 13.8. The molecule has 0 aromatic heterocycles. The number of benzene rings is 1. The molecule has 2 rings (SSSR count). The number of nitrogens with zero attached hydrogens (tertiary/aromatic N) is 1. The number of carboxylic acids is 1. The van der Waals surface area contributed by atoms with Crippen LogP contribution in [-0.2, 0) is 11.3 Å². The van der Waals surface area contributed by atoms with Crippen LogP contribution in [-0.4, -0.2) is 28.6 Å². The van der Waals surface area contributed by atoms with Gasteiger partial charge >= 0.3 is 5.97 Å². The number of rotatable bonds is 4. The Kier molecular flexibility index (Phi) is 4.77. The highest BCUT2D eigenvalue weighted by Crippen LogP contribution is 2.23. The van der Waals surface area contributed by atoms with Crippen LogP contribution in [0.4, 0.5) is 4.39 Å². The van der Waals surface area contributed by atoms with Crippen molar-refractivity contribution in [1.82, 2.24) is 4.90 Å². The van der Waals surface area contributed by atoms with Crippen LogP contribution in [0, 0.1) is 5.82 Å². The lowest BCUT2D eigenvalue weighted by Gasteiger charge is -2.35. The summed E-state index contributed by atoms with van der Waals surface area (Å²) in [6, 6.07) is 4.50. The maximum atomic E-state index is 13.3. The third kappa shape index (κ3) is 4.18. The largest absolute Gasteiger partial charge is 0.481 e. The molecule has 1 aromatic carbocycles. The third-order valence-corrected chi connectivity index (χ3v) is 3.69. The zero-order valence-corrected chi connectivity index (χ0v) is 11.4. The van der Waals surface area contributed by atoms with E-state index in [1.165, 1.54) is 12.1 Å². The molecule has 0 aliphatic carbocycles. The molecule has 0 bridgehead atoms. The normalized spacial score (nSPS) is 20.4. The molecule has 1 aliphatic rings. The van der Waals surface area contributed by atoms with E-state index in [2.05, 4.69) is 4.90 Å². The molecule has 0 radical (unpaired) electrons. The van der Waals surface area contributed by atoms with Crippen LogP contribution in [0.2, 0.25) is 5.02 Å². The first-order valence-corrected chi connectivity index (χ1v) is 6.83. The summed E-state index contributed by atoms with van der Waals surface area (Å²) in [4.78, 5) is 13.0. The Morgan fingerprint density at radius 1 is 1.42 bits per heavy atom. The van der Waals surface area contributed by atoms with Crippen molar-refractivity contribution in [2.45, 2.75) is 38.3 Å². The van der Waals surface area contributed by atoms with E-state index in [0.717, 1.165) is 31.4 Å². The lowest BCUT2D eigenvalue weighted by Crippen LogP contribution is -2.40. The van der Waals surface area contributed by atoms with Crippen LogP contribution in [0.3, 0.4) is 0 Å². The molecule has 1 fully saturated rings. The third-order valence-electron chi connectivity index (χ3n) is 3.47. The molecule has 5 heteroatoms. The van der Waals surface area contributed by atoms with Gasteiger partial charge in [0.25, 0.3) is 0 Å². The summed E-state index contributed by atoms with van der Waals surface area (Å²) >= 11 is 5.84. The standard InChI is InChI=1S/C14H17ClFNO2/c15-11-5-10(6-12(16)7-11)9-17-4-2-1-3-13(17)8-14(18)19/h5-7,13H,1-4,8-9H2,(H,18,19). The SMILES string of the molecule is O=C(O)CC1CCCCN1Cc1cc(F)cc(Cl)c1. The first-order valence-electron chi connectivity index (χ1n) is 6.45. The minimum absolute atomic E-state index is 0.0355. The van der Waals surface area contributed by atoms with Crippen molar-refractivity contribution in [2.24, 2.45) is 0 Å². The topological polar surface area (TPSA) is 40.5 Å². The minimum Gasteiger partial charge on any atom is -0.481 e. The average molecular weight is 286 g/mol. The minimum atomic E-state index is -0.783. The molecule has 0 saturated carbocycles. The molecule has 0 spiro atoms. The number of piperidine rings is 1. The number of hydrogen-bond acceptors (Lipinski definition) is 2. The van der Waals surface area contributed by atoms with Crippen LogP contribution >= 0.6 is 11.6 Å². The molecule has 1 atom stereocenters. The van der Waals surface area contributed by atoms with Gasteiger partial charge in [-0.3, -0.25) is 9.69 Å². The summed E-state index contributed by atoms with van der Waals surface area (Å²) in [6.07, 6.45) is 3.13. The lowest BCUT2D eigenvalue weighted by molar-refractivity contribution is -0.138. The molecular formula is C14H17ClFNO2. The highest BCUT2D eigenvalue weighted by Gasteiger charge is 2.24. The quantitative estimate of drug-likeness (QED) is 0.923. The lowest BCUT2D eigenvalue weighted by atomic mass is 9.98. The van der Waals surface area contributed by atoms with E-state index < -0.39 is 5.97 Å². The van der Waals surface area contributed by atoms with Gasteiger partial charge in [0, 0.05) is 17.6 Å². The average Bonchev–Trinajstić information content (AvgIpc) is 2.29. The van der Waals surface area contributed by atoms with Crippen molar-refractivity contribution in [1.29, 1.82) is 0 Å². The Morgan fingerprint density at radius 3 is 2.89 bits per heavy atom. The fourth-order valence-electron chi connectivity index (χ4n) is 2.64.